The lowest BCUT2D eigenvalue weighted by atomic mass is 10.0. The van der Waals surface area contributed by atoms with E-state index in [2.05, 4.69) is 10.3 Å². The average molecular weight is 251 g/mol. The topological polar surface area (TPSA) is 122 Å². The Balaban J connectivity index is 2.86. The molecule has 0 aliphatic heterocycles. The summed E-state index contributed by atoms with van der Waals surface area (Å²) in [5.74, 6) is -2.42. The fourth-order valence-electron chi connectivity index (χ4n) is 1.06. The van der Waals surface area contributed by atoms with Crippen molar-refractivity contribution in [1.82, 2.24) is 10.3 Å². The first-order valence-corrected chi connectivity index (χ1v) is 5.06. The van der Waals surface area contributed by atoms with E-state index in [1.54, 1.807) is 0 Å². The molecule has 7 heteroatoms. The summed E-state index contributed by atoms with van der Waals surface area (Å²) in [5, 5.41) is 11.1. The third-order valence-corrected chi connectivity index (χ3v) is 2.29. The van der Waals surface area contributed by atoms with Crippen molar-refractivity contribution >= 4 is 17.8 Å². The van der Waals surface area contributed by atoms with E-state index in [0.29, 0.717) is 0 Å². The molecule has 0 bridgehead atoms. The third kappa shape index (κ3) is 3.03. The van der Waals surface area contributed by atoms with Crippen LogP contribution in [0.2, 0.25) is 0 Å². The minimum atomic E-state index is -1.20. The molecule has 1 heterocycles. The number of nitrogens with zero attached hydrogens (tertiary/aromatic N) is 1. The van der Waals surface area contributed by atoms with E-state index < -0.39 is 23.3 Å². The lowest BCUT2D eigenvalue weighted by molar-refractivity contribution is -0.122. The highest BCUT2D eigenvalue weighted by Gasteiger charge is 2.27. The summed E-state index contributed by atoms with van der Waals surface area (Å²) < 4.78 is 0. The molecule has 96 valence electrons. The van der Waals surface area contributed by atoms with Gasteiger partial charge in [0, 0.05) is 6.20 Å². The Bertz CT molecular complexity index is 494. The van der Waals surface area contributed by atoms with E-state index in [1.165, 1.54) is 26.0 Å². The molecule has 0 aromatic carbocycles. The summed E-state index contributed by atoms with van der Waals surface area (Å²) in [6.07, 6.45) is 1.06. The first-order valence-electron chi connectivity index (χ1n) is 5.06. The number of carbonyl (C=O) groups excluding carboxylic acids is 2. The minimum Gasteiger partial charge on any atom is -0.478 e. The molecule has 2 amide bonds. The van der Waals surface area contributed by atoms with Crippen LogP contribution < -0.4 is 11.1 Å². The number of aromatic nitrogens is 1. The van der Waals surface area contributed by atoms with E-state index >= 15 is 0 Å². The molecule has 0 radical (unpaired) electrons. The van der Waals surface area contributed by atoms with Crippen LogP contribution in [0, 0.1) is 0 Å². The fourth-order valence-corrected chi connectivity index (χ4v) is 1.06. The number of hydrogen-bond acceptors (Lipinski definition) is 4. The zero-order chi connectivity index (χ0) is 13.9. The zero-order valence-corrected chi connectivity index (χ0v) is 9.93. The van der Waals surface area contributed by atoms with E-state index in [0.717, 1.165) is 6.20 Å². The van der Waals surface area contributed by atoms with Gasteiger partial charge in [0.2, 0.25) is 5.91 Å². The number of carboxylic acids is 1. The molecular weight excluding hydrogens is 238 g/mol. The number of aromatic carboxylic acids is 1. The highest BCUT2D eigenvalue weighted by atomic mass is 16.4. The maximum absolute atomic E-state index is 11.7. The first-order chi connectivity index (χ1) is 8.24. The second kappa shape index (κ2) is 4.82. The molecule has 0 unspecified atom stereocenters. The SMILES string of the molecule is CC(C)(NC(=O)c1ccc(C(=O)O)cn1)C(N)=O. The maximum Gasteiger partial charge on any atom is 0.337 e. The van der Waals surface area contributed by atoms with E-state index in [9.17, 15) is 14.4 Å². The van der Waals surface area contributed by atoms with Crippen LogP contribution in [-0.4, -0.2) is 33.4 Å². The van der Waals surface area contributed by atoms with Gasteiger partial charge in [-0.3, -0.25) is 14.6 Å². The summed E-state index contributed by atoms with van der Waals surface area (Å²) in [7, 11) is 0. The molecule has 1 aromatic rings. The van der Waals surface area contributed by atoms with Crippen molar-refractivity contribution < 1.29 is 19.5 Å². The summed E-state index contributed by atoms with van der Waals surface area (Å²) in [6, 6.07) is 2.51. The van der Waals surface area contributed by atoms with Gasteiger partial charge in [-0.25, -0.2) is 4.79 Å². The molecule has 0 atom stereocenters. The summed E-state index contributed by atoms with van der Waals surface area (Å²) in [6.45, 7) is 2.91. The van der Waals surface area contributed by atoms with Gasteiger partial charge < -0.3 is 16.2 Å². The Morgan fingerprint density at radius 3 is 2.33 bits per heavy atom. The number of rotatable bonds is 4. The molecule has 1 rings (SSSR count). The van der Waals surface area contributed by atoms with Crippen LogP contribution in [0.4, 0.5) is 0 Å². The number of amides is 2. The van der Waals surface area contributed by atoms with Gasteiger partial charge in [0.1, 0.15) is 11.2 Å². The van der Waals surface area contributed by atoms with Crippen molar-refractivity contribution in [2.45, 2.75) is 19.4 Å². The van der Waals surface area contributed by atoms with Gasteiger partial charge >= 0.3 is 5.97 Å². The van der Waals surface area contributed by atoms with E-state index in [-0.39, 0.29) is 11.3 Å². The lowest BCUT2D eigenvalue weighted by Crippen LogP contribution is -2.53. The maximum atomic E-state index is 11.7. The van der Waals surface area contributed by atoms with Crippen molar-refractivity contribution in [3.05, 3.63) is 29.6 Å². The number of nitrogens with two attached hydrogens (primary N) is 1. The quantitative estimate of drug-likeness (QED) is 0.682. The average Bonchev–Trinajstić information content (AvgIpc) is 2.28. The van der Waals surface area contributed by atoms with Crippen molar-refractivity contribution in [2.75, 3.05) is 0 Å². The largest absolute Gasteiger partial charge is 0.478 e. The van der Waals surface area contributed by atoms with Crippen LogP contribution in [0.1, 0.15) is 34.7 Å². The summed E-state index contributed by atoms with van der Waals surface area (Å²) >= 11 is 0. The predicted octanol–water partition coefficient (Wildman–Crippen LogP) is -0.227. The molecule has 0 spiro atoms. The first kappa shape index (κ1) is 13.6. The van der Waals surface area contributed by atoms with Gasteiger partial charge in [-0.2, -0.15) is 0 Å². The Morgan fingerprint density at radius 1 is 1.33 bits per heavy atom. The van der Waals surface area contributed by atoms with E-state index in [4.69, 9.17) is 10.8 Å². The predicted molar refractivity (Wildman–Crippen MR) is 61.9 cm³/mol. The molecule has 1 aromatic heterocycles. The molecule has 4 N–H and O–H groups in total. The van der Waals surface area contributed by atoms with Gasteiger partial charge in [0.05, 0.1) is 5.56 Å². The molecule has 0 saturated carbocycles. The molecule has 0 saturated heterocycles. The lowest BCUT2D eigenvalue weighted by Gasteiger charge is -2.21. The summed E-state index contributed by atoms with van der Waals surface area (Å²) in [4.78, 5) is 37.1. The van der Waals surface area contributed by atoms with Crippen LogP contribution in [0.25, 0.3) is 0 Å². The number of primary amides is 1. The Hall–Kier alpha value is -2.44. The van der Waals surface area contributed by atoms with E-state index in [1.807, 2.05) is 0 Å². The van der Waals surface area contributed by atoms with Crippen molar-refractivity contribution in [3.8, 4) is 0 Å². The van der Waals surface area contributed by atoms with Crippen LogP contribution in [0.3, 0.4) is 0 Å². The van der Waals surface area contributed by atoms with Crippen LogP contribution in [0.15, 0.2) is 18.3 Å². The number of pyridine rings is 1. The molecule has 18 heavy (non-hydrogen) atoms. The number of hydrogen-bond donors (Lipinski definition) is 3. The molecule has 0 fully saturated rings. The normalized spacial score (nSPS) is 10.8. The van der Waals surface area contributed by atoms with Gasteiger partial charge in [-0.1, -0.05) is 0 Å². The van der Waals surface area contributed by atoms with Crippen LogP contribution in [-0.2, 0) is 4.79 Å². The minimum absolute atomic E-state index is 0.00863. The Kier molecular flexibility index (Phi) is 3.65. The fraction of sp³-hybridized carbons (Fsp3) is 0.273. The third-order valence-electron chi connectivity index (χ3n) is 2.29. The highest BCUT2D eigenvalue weighted by Crippen LogP contribution is 2.05. The highest BCUT2D eigenvalue weighted by molar-refractivity contribution is 5.97. The molecule has 7 nitrogen and oxygen atoms in total. The van der Waals surface area contributed by atoms with Gasteiger partial charge in [-0.05, 0) is 26.0 Å². The molecular formula is C11H13N3O4. The number of nitrogens with one attached hydrogen (secondary N) is 1. The van der Waals surface area contributed by atoms with Crippen LogP contribution >= 0.6 is 0 Å². The Morgan fingerprint density at radius 2 is 1.94 bits per heavy atom. The second-order valence-corrected chi connectivity index (χ2v) is 4.18. The number of carbonyl (C=O) groups is 3. The van der Waals surface area contributed by atoms with Gasteiger partial charge in [0.15, 0.2) is 0 Å². The Labute approximate surface area is 103 Å². The van der Waals surface area contributed by atoms with Crippen molar-refractivity contribution in [2.24, 2.45) is 5.73 Å². The molecule has 0 aliphatic carbocycles. The van der Waals surface area contributed by atoms with Gasteiger partial charge in [0.25, 0.3) is 5.91 Å². The second-order valence-electron chi connectivity index (χ2n) is 4.18. The monoisotopic (exact) mass is 251 g/mol. The van der Waals surface area contributed by atoms with Crippen molar-refractivity contribution in [1.29, 1.82) is 0 Å². The summed E-state index contributed by atoms with van der Waals surface area (Å²) in [5.41, 5.74) is 3.89. The van der Waals surface area contributed by atoms with Crippen LogP contribution in [0.5, 0.6) is 0 Å². The smallest absolute Gasteiger partial charge is 0.337 e. The zero-order valence-electron chi connectivity index (χ0n) is 9.93. The molecule has 0 aliphatic rings. The van der Waals surface area contributed by atoms with Gasteiger partial charge in [-0.15, -0.1) is 0 Å². The standard InChI is InChI=1S/C11H13N3O4/c1-11(2,10(12)18)14-8(15)7-4-3-6(5-13-7)9(16)17/h3-5H,1-2H3,(H2,12,18)(H,14,15)(H,16,17). The number of carboxylic acid groups (broad SMARTS) is 1. The van der Waals surface area contributed by atoms with Crippen molar-refractivity contribution in [3.63, 3.8) is 0 Å².